The Morgan fingerprint density at radius 2 is 0.930 bits per heavy atom. The molecule has 0 aromatic carbocycles. The van der Waals surface area contributed by atoms with E-state index in [1.807, 2.05) is 0 Å². The summed E-state index contributed by atoms with van der Waals surface area (Å²) < 4.78 is 38.7. The Morgan fingerprint density at radius 3 is 1.37 bits per heavy atom. The summed E-state index contributed by atoms with van der Waals surface area (Å²) in [5, 5.41) is 0. The summed E-state index contributed by atoms with van der Waals surface area (Å²) in [6.07, 6.45) is 24.8. The molecule has 0 aliphatic heterocycles. The maximum absolute atomic E-state index is 13.4. The zero-order chi connectivity index (χ0) is 29.8. The lowest BCUT2D eigenvalue weighted by Gasteiger charge is -2.60. The highest BCUT2D eigenvalue weighted by Gasteiger charge is 2.60. The van der Waals surface area contributed by atoms with Crippen LogP contribution in [0.2, 0.25) is 0 Å². The third-order valence-electron chi connectivity index (χ3n) is 17.3. The molecule has 8 aliphatic rings. The molecule has 8 fully saturated rings. The van der Waals surface area contributed by atoms with Gasteiger partial charge >= 0.3 is 10.4 Å². The van der Waals surface area contributed by atoms with Crippen LogP contribution in [0.4, 0.5) is 0 Å². The van der Waals surface area contributed by atoms with E-state index >= 15 is 0 Å². The van der Waals surface area contributed by atoms with Gasteiger partial charge in [-0.15, -0.1) is 0 Å². The minimum atomic E-state index is -3.98. The molecular formula is C38H62O4S. The van der Waals surface area contributed by atoms with Crippen LogP contribution in [0.3, 0.4) is 0 Å². The Hall–Kier alpha value is -0.130. The van der Waals surface area contributed by atoms with Gasteiger partial charge in [-0.1, -0.05) is 40.5 Å². The Bertz CT molecular complexity index is 1100. The summed E-state index contributed by atoms with van der Waals surface area (Å²) in [5.74, 6) is 6.50. The molecule has 8 rings (SSSR count). The van der Waals surface area contributed by atoms with Crippen LogP contribution in [0.25, 0.3) is 0 Å². The van der Waals surface area contributed by atoms with Gasteiger partial charge in [-0.25, -0.2) is 8.37 Å². The van der Waals surface area contributed by atoms with Crippen molar-refractivity contribution in [2.45, 2.75) is 168 Å². The monoisotopic (exact) mass is 614 g/mol. The van der Waals surface area contributed by atoms with E-state index in [0.29, 0.717) is 33.5 Å². The van der Waals surface area contributed by atoms with E-state index in [1.165, 1.54) is 89.9 Å². The predicted molar refractivity (Wildman–Crippen MR) is 171 cm³/mol. The first-order chi connectivity index (χ1) is 20.4. The van der Waals surface area contributed by atoms with Gasteiger partial charge in [0, 0.05) is 0 Å². The van der Waals surface area contributed by atoms with Crippen LogP contribution in [-0.2, 0) is 18.8 Å². The van der Waals surface area contributed by atoms with Crippen LogP contribution in [0.5, 0.6) is 0 Å². The summed E-state index contributed by atoms with van der Waals surface area (Å²) >= 11 is 0. The normalized spacial score (nSPS) is 56.2. The third-order valence-corrected chi connectivity index (χ3v) is 18.3. The van der Waals surface area contributed by atoms with Crippen LogP contribution >= 0.6 is 0 Å². The minimum absolute atomic E-state index is 0.202. The topological polar surface area (TPSA) is 52.6 Å². The number of hydrogen-bond acceptors (Lipinski definition) is 4. The molecule has 0 radical (unpaired) electrons. The van der Waals surface area contributed by atoms with Gasteiger partial charge in [-0.05, 0) is 185 Å². The van der Waals surface area contributed by atoms with Crippen molar-refractivity contribution in [3.63, 3.8) is 0 Å². The number of hydrogen-bond donors (Lipinski definition) is 0. The molecule has 0 saturated heterocycles. The molecule has 14 atom stereocenters. The van der Waals surface area contributed by atoms with E-state index in [1.54, 1.807) is 0 Å². The van der Waals surface area contributed by atoms with Gasteiger partial charge in [-0.3, -0.25) is 0 Å². The molecule has 0 spiro atoms. The fourth-order valence-electron chi connectivity index (χ4n) is 15.0. The highest BCUT2D eigenvalue weighted by molar-refractivity contribution is 7.81. The fourth-order valence-corrected chi connectivity index (χ4v) is 16.0. The van der Waals surface area contributed by atoms with Crippen molar-refractivity contribution in [1.82, 2.24) is 0 Å². The van der Waals surface area contributed by atoms with Gasteiger partial charge in [0.2, 0.25) is 0 Å². The van der Waals surface area contributed by atoms with E-state index in [2.05, 4.69) is 27.7 Å². The third kappa shape index (κ3) is 4.79. The second-order valence-electron chi connectivity index (χ2n) is 18.9. The lowest BCUT2D eigenvalue weighted by molar-refractivity contribution is -0.123. The lowest BCUT2D eigenvalue weighted by Crippen LogP contribution is -2.54. The minimum Gasteiger partial charge on any atom is -0.245 e. The standard InChI is InChI=1S/C38H62O4S/c1-35-17-5-7-31(35)29-11-9-25-23-27(13-21-37(25,3)33(29)15-19-35)41-43(39,40)42-28-14-22-38(4)26(24-28)10-12-30-32-8-6-18-36(32,2)20-16-34(30)38/h25-34H,5-24H2,1-4H3. The molecule has 4 nitrogen and oxygen atoms in total. The SMILES string of the molecule is CC12CCCC1C1CCC3CC(OS(=O)(=O)OC4CCC5(C)C(CCC6C7CCCC7(C)CCC65)C4)CCC3(C)C1CC2. The Morgan fingerprint density at radius 1 is 0.488 bits per heavy atom. The zero-order valence-electron chi connectivity index (χ0n) is 28.0. The second kappa shape index (κ2) is 10.4. The van der Waals surface area contributed by atoms with Crippen molar-refractivity contribution in [3.05, 3.63) is 0 Å². The van der Waals surface area contributed by atoms with E-state index in [0.717, 1.165) is 74.0 Å². The van der Waals surface area contributed by atoms with Crippen LogP contribution in [0.15, 0.2) is 0 Å². The van der Waals surface area contributed by atoms with E-state index in [4.69, 9.17) is 8.37 Å². The number of rotatable bonds is 4. The van der Waals surface area contributed by atoms with Crippen molar-refractivity contribution in [1.29, 1.82) is 0 Å². The largest absolute Gasteiger partial charge is 0.400 e. The van der Waals surface area contributed by atoms with Crippen molar-refractivity contribution in [2.75, 3.05) is 0 Å². The van der Waals surface area contributed by atoms with Crippen LogP contribution in [0, 0.1) is 69.0 Å². The smallest absolute Gasteiger partial charge is 0.245 e. The second-order valence-corrected chi connectivity index (χ2v) is 20.1. The summed E-state index contributed by atoms with van der Waals surface area (Å²) in [7, 11) is -3.98. The average Bonchev–Trinajstić information content (AvgIpc) is 3.55. The van der Waals surface area contributed by atoms with Crippen LogP contribution in [0.1, 0.15) is 156 Å². The molecule has 0 heterocycles. The zero-order valence-corrected chi connectivity index (χ0v) is 28.8. The maximum atomic E-state index is 13.4. The predicted octanol–water partition coefficient (Wildman–Crippen LogP) is 9.87. The van der Waals surface area contributed by atoms with Crippen molar-refractivity contribution in [3.8, 4) is 0 Å². The van der Waals surface area contributed by atoms with Gasteiger partial charge in [-0.2, -0.15) is 8.42 Å². The van der Waals surface area contributed by atoms with E-state index < -0.39 is 10.4 Å². The molecule has 8 aliphatic carbocycles. The average molecular weight is 615 g/mol. The Labute approximate surface area is 263 Å². The van der Waals surface area contributed by atoms with Crippen molar-refractivity contribution in [2.24, 2.45) is 69.0 Å². The first-order valence-corrected chi connectivity index (χ1v) is 20.4. The molecule has 0 N–H and O–H groups in total. The number of fused-ring (bicyclic) bond motifs is 10. The summed E-state index contributed by atoms with van der Waals surface area (Å²) in [4.78, 5) is 0. The quantitative estimate of drug-likeness (QED) is 0.316. The van der Waals surface area contributed by atoms with Gasteiger partial charge in [0.1, 0.15) is 0 Å². The van der Waals surface area contributed by atoms with Gasteiger partial charge < -0.3 is 0 Å². The molecule has 8 saturated carbocycles. The van der Waals surface area contributed by atoms with Crippen LogP contribution < -0.4 is 0 Å². The van der Waals surface area contributed by atoms with Crippen molar-refractivity contribution < 1.29 is 16.8 Å². The molecule has 244 valence electrons. The summed E-state index contributed by atoms with van der Waals surface area (Å²) in [6.45, 7) is 10.3. The van der Waals surface area contributed by atoms with E-state index in [-0.39, 0.29) is 12.2 Å². The van der Waals surface area contributed by atoms with E-state index in [9.17, 15) is 8.42 Å². The first-order valence-electron chi connectivity index (χ1n) is 19.0. The van der Waals surface area contributed by atoms with Gasteiger partial charge in [0.05, 0.1) is 12.2 Å². The molecule has 5 heteroatoms. The van der Waals surface area contributed by atoms with Crippen molar-refractivity contribution >= 4 is 10.4 Å². The Kier molecular flexibility index (Phi) is 7.33. The molecule has 0 aromatic heterocycles. The molecule has 0 amide bonds. The summed E-state index contributed by atoms with van der Waals surface area (Å²) in [6, 6.07) is 0. The highest BCUT2D eigenvalue weighted by Crippen LogP contribution is 2.68. The summed E-state index contributed by atoms with van der Waals surface area (Å²) in [5.41, 5.74) is 1.91. The lowest BCUT2D eigenvalue weighted by atomic mass is 9.45. The molecular weight excluding hydrogens is 552 g/mol. The van der Waals surface area contributed by atoms with Gasteiger partial charge in [0.15, 0.2) is 0 Å². The van der Waals surface area contributed by atoms with Gasteiger partial charge in [0.25, 0.3) is 0 Å². The molecule has 0 aromatic rings. The Balaban J connectivity index is 0.878. The molecule has 0 bridgehead atoms. The highest BCUT2D eigenvalue weighted by atomic mass is 32.3. The molecule has 14 unspecified atom stereocenters. The first kappa shape index (κ1) is 30.2. The van der Waals surface area contributed by atoms with Crippen LogP contribution in [-0.4, -0.2) is 20.6 Å². The fraction of sp³-hybridized carbons (Fsp3) is 1.00. The maximum Gasteiger partial charge on any atom is 0.400 e. The molecule has 43 heavy (non-hydrogen) atoms.